The lowest BCUT2D eigenvalue weighted by Crippen LogP contribution is -2.57. The Morgan fingerprint density at radius 1 is 1.09 bits per heavy atom. The van der Waals surface area contributed by atoms with Gasteiger partial charge in [0, 0.05) is 49.9 Å². The van der Waals surface area contributed by atoms with Crippen LogP contribution in [0.4, 0.5) is 29.9 Å². The first-order chi connectivity index (χ1) is 21.7. The number of halogens is 5. The highest BCUT2D eigenvalue weighted by Crippen LogP contribution is 3.02. The summed E-state index contributed by atoms with van der Waals surface area (Å²) in [5.74, 6) is -1.40. The van der Waals surface area contributed by atoms with Crippen LogP contribution in [0.5, 0.6) is 0 Å². The fraction of sp³-hybridized carbons (Fsp3) is 0.548. The van der Waals surface area contributed by atoms with Crippen molar-refractivity contribution in [3.05, 3.63) is 54.4 Å². The summed E-state index contributed by atoms with van der Waals surface area (Å²) in [6, 6.07) is 1.47. The molecule has 1 aromatic carbocycles. The first kappa shape index (κ1) is 36.3. The van der Waals surface area contributed by atoms with E-state index < -0.39 is 62.8 Å². The normalized spacial score (nSPS) is 23.2. The van der Waals surface area contributed by atoms with Crippen molar-refractivity contribution >= 4 is 33.8 Å². The van der Waals surface area contributed by atoms with Crippen LogP contribution in [0.2, 0.25) is 0 Å². The van der Waals surface area contributed by atoms with E-state index in [0.29, 0.717) is 19.5 Å². The Bertz CT molecular complexity index is 1440. The van der Waals surface area contributed by atoms with Gasteiger partial charge in [-0.1, -0.05) is 25.5 Å². The first-order valence-corrected chi connectivity index (χ1v) is 17.3. The van der Waals surface area contributed by atoms with Crippen molar-refractivity contribution in [1.82, 2.24) is 20.5 Å². The molecule has 3 heterocycles. The smallest absolute Gasteiger partial charge is 0.410 e. The van der Waals surface area contributed by atoms with E-state index in [2.05, 4.69) is 15.6 Å². The summed E-state index contributed by atoms with van der Waals surface area (Å²) < 4.78 is 79.0. The maximum Gasteiger partial charge on any atom is 0.410 e. The number of carbonyl (C=O) groups excluding carboxylic acids is 3. The predicted molar refractivity (Wildman–Crippen MR) is 168 cm³/mol. The summed E-state index contributed by atoms with van der Waals surface area (Å²) in [7, 11) is -8.56. The molecule has 262 valence electrons. The van der Waals surface area contributed by atoms with Gasteiger partial charge < -0.3 is 25.0 Å². The molecule has 0 spiro atoms. The minimum absolute atomic E-state index is 0.195. The number of ether oxygens (including phenoxy) is 2. The van der Waals surface area contributed by atoms with Crippen molar-refractivity contribution in [2.24, 2.45) is 0 Å². The fourth-order valence-corrected chi connectivity index (χ4v) is 6.54. The quantitative estimate of drug-likeness (QED) is 0.290. The molecule has 1 aromatic heterocycles. The van der Waals surface area contributed by atoms with Crippen LogP contribution in [0.25, 0.3) is 0 Å². The molecule has 4 rings (SSSR count). The Morgan fingerprint density at radius 3 is 2.32 bits per heavy atom. The average Bonchev–Trinajstić information content (AvgIpc) is 3.47. The second-order valence-electron chi connectivity index (χ2n) is 12.9. The highest BCUT2D eigenvalue weighted by molar-refractivity contribution is 8.45. The van der Waals surface area contributed by atoms with E-state index in [1.54, 1.807) is 32.6 Å². The minimum Gasteiger partial charge on any atom is -0.444 e. The number of methoxy groups -OCH3 is 1. The van der Waals surface area contributed by atoms with E-state index in [9.17, 15) is 33.8 Å². The number of benzene rings is 1. The lowest BCUT2D eigenvalue weighted by atomic mass is 9.96. The Hall–Kier alpha value is -3.50. The van der Waals surface area contributed by atoms with Crippen LogP contribution in [0, 0.1) is 0 Å². The zero-order chi connectivity index (χ0) is 34.8. The number of hydrogen-bond donors (Lipinski definition) is 2. The van der Waals surface area contributed by atoms with Crippen molar-refractivity contribution < 1.29 is 43.3 Å². The number of pyridine rings is 1. The zero-order valence-electron chi connectivity index (χ0n) is 26.9. The number of anilines is 1. The highest BCUT2D eigenvalue weighted by Gasteiger charge is 2.65. The molecule has 3 unspecified atom stereocenters. The number of amides is 3. The number of carbonyl (C=O) groups is 3. The summed E-state index contributed by atoms with van der Waals surface area (Å²) in [4.78, 5) is 46.0. The lowest BCUT2D eigenvalue weighted by Gasteiger charge is -2.41. The Balaban J connectivity index is 1.74. The molecule has 3 amide bonds. The van der Waals surface area contributed by atoms with Crippen molar-refractivity contribution in [3.63, 3.8) is 0 Å². The summed E-state index contributed by atoms with van der Waals surface area (Å²) >= 11 is 0. The van der Waals surface area contributed by atoms with Gasteiger partial charge in [0.15, 0.2) is 0 Å². The molecule has 2 fully saturated rings. The number of hydrogen-bond acceptors (Lipinski definition) is 7. The molecular weight excluding hydrogens is 649 g/mol. The van der Waals surface area contributed by atoms with Gasteiger partial charge in [0.25, 0.3) is 0 Å². The molecule has 5 atom stereocenters. The number of nitrogens with zero attached hydrogens (tertiary/aromatic N) is 3. The van der Waals surface area contributed by atoms with Crippen LogP contribution < -0.4 is 15.5 Å². The molecule has 2 aliphatic rings. The Kier molecular flexibility index (Phi) is 9.93. The number of nitrogens with one attached hydrogen (secondary N) is 2. The second kappa shape index (κ2) is 12.8. The van der Waals surface area contributed by atoms with Crippen LogP contribution >= 0.6 is 10.2 Å². The van der Waals surface area contributed by atoms with Crippen molar-refractivity contribution in [2.75, 3.05) is 25.1 Å². The molecule has 0 radical (unpaired) electrons. The van der Waals surface area contributed by atoms with Gasteiger partial charge in [-0.2, -0.15) is 0 Å². The van der Waals surface area contributed by atoms with Gasteiger partial charge in [-0.15, -0.1) is 0 Å². The first-order valence-electron chi connectivity index (χ1n) is 15.3. The van der Waals surface area contributed by atoms with E-state index in [0.717, 1.165) is 29.9 Å². The van der Waals surface area contributed by atoms with E-state index in [4.69, 9.17) is 9.47 Å². The molecule has 0 bridgehead atoms. The maximum atomic E-state index is 14.3. The molecule has 16 heteroatoms. The van der Waals surface area contributed by atoms with Gasteiger partial charge in [-0.05, 0) is 83.7 Å². The molecule has 47 heavy (non-hydrogen) atoms. The van der Waals surface area contributed by atoms with Crippen LogP contribution in [0.15, 0.2) is 53.7 Å². The third-order valence-electron chi connectivity index (χ3n) is 8.15. The van der Waals surface area contributed by atoms with Gasteiger partial charge in [0.1, 0.15) is 16.5 Å². The average molecular weight is 692 g/mol. The van der Waals surface area contributed by atoms with Crippen LogP contribution in [0.1, 0.15) is 65.0 Å². The number of rotatable bonds is 9. The van der Waals surface area contributed by atoms with Crippen molar-refractivity contribution in [1.29, 1.82) is 0 Å². The van der Waals surface area contributed by atoms with Crippen LogP contribution in [-0.2, 0) is 19.1 Å². The lowest BCUT2D eigenvalue weighted by molar-refractivity contribution is -0.128. The molecule has 2 saturated heterocycles. The third kappa shape index (κ3) is 9.11. The Labute approximate surface area is 271 Å². The number of likely N-dealkylation sites (tertiary alicyclic amines) is 1. The SMILES string of the molecule is CO[C@H]1CN[C@@H](C(=O)N(c2ccc(S(F)(F)(F)(F)F)cc2)C(C(=O)NC(C)C2CCCCN2C(=O)OC(C)(C)C)c2cccnc2)C1. The second-order valence-corrected chi connectivity index (χ2v) is 15.4. The summed E-state index contributed by atoms with van der Waals surface area (Å²) in [5, 5.41) is 5.92. The third-order valence-corrected chi connectivity index (χ3v) is 9.31. The van der Waals surface area contributed by atoms with Crippen molar-refractivity contribution in [2.45, 2.75) is 94.1 Å². The molecule has 0 aliphatic carbocycles. The molecule has 10 nitrogen and oxygen atoms in total. The molecule has 2 aromatic rings. The molecule has 2 N–H and O–H groups in total. The highest BCUT2D eigenvalue weighted by atomic mass is 32.5. The summed E-state index contributed by atoms with van der Waals surface area (Å²) in [5.41, 5.74) is -0.745. The van der Waals surface area contributed by atoms with Crippen LogP contribution in [-0.4, -0.2) is 77.8 Å². The largest absolute Gasteiger partial charge is 0.444 e. The zero-order valence-corrected chi connectivity index (χ0v) is 27.7. The number of aromatic nitrogens is 1. The summed E-state index contributed by atoms with van der Waals surface area (Å²) in [6.07, 6.45) is 4.17. The Morgan fingerprint density at radius 2 is 1.77 bits per heavy atom. The van der Waals surface area contributed by atoms with Gasteiger partial charge in [0.2, 0.25) is 11.8 Å². The predicted octanol–water partition coefficient (Wildman–Crippen LogP) is 6.48. The van der Waals surface area contributed by atoms with E-state index in [1.165, 1.54) is 31.6 Å². The monoisotopic (exact) mass is 691 g/mol. The van der Waals surface area contributed by atoms with Gasteiger partial charge in [0.05, 0.1) is 18.2 Å². The molecule has 0 saturated carbocycles. The number of piperidine rings is 1. The van der Waals surface area contributed by atoms with E-state index in [1.807, 2.05) is 0 Å². The van der Waals surface area contributed by atoms with Crippen LogP contribution in [0.3, 0.4) is 0 Å². The molecular formula is C31H42F5N5O5S. The summed E-state index contributed by atoms with van der Waals surface area (Å²) in [6.45, 7) is 7.66. The molecule has 2 aliphatic heterocycles. The standard InChI is InChI=1S/C31H42F5N5O5S/c1-20(26-10-6-7-16-40(26)30(44)46-31(2,3)4)39-28(42)27(21-9-8-15-37-18-21)41(29(43)25-17-23(45-5)19-38-25)22-11-13-24(14-12-22)47(32,33,34,35)36/h8-9,11-15,18,20,23,25-27,38H,6-7,10,16-17,19H2,1-5H3,(H,39,42)/t20?,23-,25-,26?,27?/m1/s1. The maximum absolute atomic E-state index is 14.3. The topological polar surface area (TPSA) is 113 Å². The minimum atomic E-state index is -10.0. The fourth-order valence-electron chi connectivity index (χ4n) is 5.89. The van der Waals surface area contributed by atoms with Gasteiger partial charge in [-0.3, -0.25) is 19.5 Å². The van der Waals surface area contributed by atoms with Crippen molar-refractivity contribution in [3.8, 4) is 0 Å². The van der Waals surface area contributed by atoms with E-state index >= 15 is 0 Å². The van der Waals surface area contributed by atoms with Gasteiger partial charge in [-0.25, -0.2) is 4.79 Å². The van der Waals surface area contributed by atoms with Gasteiger partial charge >= 0.3 is 16.3 Å². The van der Waals surface area contributed by atoms with E-state index in [-0.39, 0.29) is 35.9 Å².